The number of hydrogen-bond donors (Lipinski definition) is 1. The third-order valence-corrected chi connectivity index (χ3v) is 5.39. The van der Waals surface area contributed by atoms with Gasteiger partial charge in [0.05, 0.1) is 18.2 Å². The van der Waals surface area contributed by atoms with Crippen molar-refractivity contribution < 1.29 is 23.9 Å². The van der Waals surface area contributed by atoms with E-state index in [0.717, 1.165) is 43.4 Å². The molecule has 2 N–H and O–H groups in total. The second-order valence-electron chi connectivity index (χ2n) is 7.45. The van der Waals surface area contributed by atoms with Gasteiger partial charge >= 0.3 is 5.97 Å². The lowest BCUT2D eigenvalue weighted by Gasteiger charge is -2.17. The molecule has 0 saturated heterocycles. The van der Waals surface area contributed by atoms with Crippen LogP contribution in [0.2, 0.25) is 0 Å². The largest absolute Gasteiger partial charge is 0.480 e. The van der Waals surface area contributed by atoms with Gasteiger partial charge < -0.3 is 19.6 Å². The summed E-state index contributed by atoms with van der Waals surface area (Å²) >= 11 is 0. The summed E-state index contributed by atoms with van der Waals surface area (Å²) < 4.78 is 12.2. The number of ketones is 1. The van der Waals surface area contributed by atoms with Crippen molar-refractivity contribution in [3.8, 4) is 5.75 Å². The van der Waals surface area contributed by atoms with Crippen LogP contribution in [0, 0.1) is 5.92 Å². The van der Waals surface area contributed by atoms with Gasteiger partial charge in [-0.25, -0.2) is 4.79 Å². The highest BCUT2D eigenvalue weighted by Gasteiger charge is 2.28. The number of methoxy groups -OCH3 is 1. The number of nitrogens with two attached hydrogens (primary N) is 1. The third kappa shape index (κ3) is 5.01. The van der Waals surface area contributed by atoms with E-state index in [-0.39, 0.29) is 12.2 Å². The maximum absolute atomic E-state index is 12.8. The molecule has 7 heteroatoms. The Morgan fingerprint density at radius 1 is 1.13 bits per heavy atom. The summed E-state index contributed by atoms with van der Waals surface area (Å²) in [6.45, 7) is 6.00. The summed E-state index contributed by atoms with van der Waals surface area (Å²) in [7, 11) is 1.28. The van der Waals surface area contributed by atoms with Gasteiger partial charge in [0, 0.05) is 11.9 Å². The van der Waals surface area contributed by atoms with Crippen molar-refractivity contribution in [2.24, 2.45) is 11.7 Å². The van der Waals surface area contributed by atoms with Gasteiger partial charge in [-0.05, 0) is 36.5 Å². The van der Waals surface area contributed by atoms with Crippen LogP contribution in [0.15, 0.2) is 18.3 Å². The van der Waals surface area contributed by atoms with Gasteiger partial charge in [-0.3, -0.25) is 9.59 Å². The first kappa shape index (κ1) is 23.4. The van der Waals surface area contributed by atoms with Gasteiger partial charge in [-0.1, -0.05) is 46.5 Å². The Labute approximate surface area is 177 Å². The van der Waals surface area contributed by atoms with Crippen molar-refractivity contribution in [3.63, 3.8) is 0 Å². The smallest absolute Gasteiger partial charge is 0.343 e. The number of ether oxygens (including phenoxy) is 2. The number of primary amides is 1. The van der Waals surface area contributed by atoms with Crippen molar-refractivity contribution in [3.05, 3.63) is 35.2 Å². The molecule has 0 fully saturated rings. The lowest BCUT2D eigenvalue weighted by Crippen LogP contribution is -2.24. The molecular formula is C23H32N2O5. The van der Waals surface area contributed by atoms with Crippen LogP contribution in [-0.4, -0.2) is 35.8 Å². The van der Waals surface area contributed by atoms with Gasteiger partial charge in [0.2, 0.25) is 0 Å². The first-order chi connectivity index (χ1) is 14.4. The number of carbonyl (C=O) groups excluding carboxylic acids is 3. The average molecular weight is 417 g/mol. The summed E-state index contributed by atoms with van der Waals surface area (Å²) in [5, 5.41) is 0. The Morgan fingerprint density at radius 2 is 1.80 bits per heavy atom. The number of aromatic nitrogens is 1. The molecule has 0 radical (unpaired) electrons. The summed E-state index contributed by atoms with van der Waals surface area (Å²) in [5.74, 6) is -1.47. The minimum atomic E-state index is -1.01. The Balaban J connectivity index is 2.70. The first-order valence-corrected chi connectivity index (χ1v) is 10.6. The van der Waals surface area contributed by atoms with E-state index in [2.05, 4.69) is 18.6 Å². The molecule has 2 rings (SSSR count). The lowest BCUT2D eigenvalue weighted by molar-refractivity contribution is -0.142. The molecule has 0 aliphatic carbocycles. The van der Waals surface area contributed by atoms with Crippen LogP contribution in [0.5, 0.6) is 5.75 Å². The average Bonchev–Trinajstić information content (AvgIpc) is 3.05. The second-order valence-corrected chi connectivity index (χ2v) is 7.45. The molecule has 0 bridgehead atoms. The minimum Gasteiger partial charge on any atom is -0.480 e. The zero-order valence-corrected chi connectivity index (χ0v) is 18.3. The molecule has 1 amide bonds. The Hall–Kier alpha value is -2.83. The van der Waals surface area contributed by atoms with E-state index in [0.29, 0.717) is 23.6 Å². The lowest BCUT2D eigenvalue weighted by atomic mass is 9.90. The summed E-state index contributed by atoms with van der Waals surface area (Å²) in [6.07, 6.45) is 7.56. The third-order valence-electron chi connectivity index (χ3n) is 5.39. The molecule has 0 spiro atoms. The van der Waals surface area contributed by atoms with E-state index in [1.807, 2.05) is 17.5 Å². The topological polar surface area (TPSA) is 100 Å². The molecule has 2 aromatic heterocycles. The number of amides is 1. The molecule has 0 aliphatic heterocycles. The quantitative estimate of drug-likeness (QED) is 0.324. The van der Waals surface area contributed by atoms with Gasteiger partial charge in [-0.15, -0.1) is 0 Å². The van der Waals surface area contributed by atoms with Gasteiger partial charge in [0.1, 0.15) is 5.75 Å². The highest BCUT2D eigenvalue weighted by atomic mass is 16.6. The van der Waals surface area contributed by atoms with Crippen LogP contribution in [-0.2, 0) is 27.2 Å². The van der Waals surface area contributed by atoms with E-state index in [1.54, 1.807) is 12.1 Å². The molecule has 2 aromatic rings. The minimum absolute atomic E-state index is 0.271. The molecule has 30 heavy (non-hydrogen) atoms. The van der Waals surface area contributed by atoms with Crippen LogP contribution in [0.25, 0.3) is 5.52 Å². The molecule has 2 heterocycles. The highest BCUT2D eigenvalue weighted by molar-refractivity contribution is 6.44. The zero-order valence-electron chi connectivity index (χ0n) is 18.3. The molecule has 0 aliphatic rings. The molecule has 0 unspecified atom stereocenters. The van der Waals surface area contributed by atoms with Gasteiger partial charge in [0.25, 0.3) is 11.7 Å². The molecule has 7 nitrogen and oxygen atoms in total. The fourth-order valence-electron chi connectivity index (χ4n) is 4.11. The Kier molecular flexibility index (Phi) is 8.45. The van der Waals surface area contributed by atoms with Crippen molar-refractivity contribution in [1.82, 2.24) is 4.40 Å². The predicted molar refractivity (Wildman–Crippen MR) is 115 cm³/mol. The molecule has 0 atom stereocenters. The molecule has 164 valence electrons. The monoisotopic (exact) mass is 416 g/mol. The molecule has 0 aromatic carbocycles. The highest BCUT2D eigenvalue weighted by Crippen LogP contribution is 2.34. The van der Waals surface area contributed by atoms with Gasteiger partial charge in [0.15, 0.2) is 6.61 Å². The normalized spacial score (nSPS) is 11.1. The molecular weight excluding hydrogens is 384 g/mol. The predicted octanol–water partition coefficient (Wildman–Crippen LogP) is 3.48. The van der Waals surface area contributed by atoms with E-state index in [1.165, 1.54) is 7.11 Å². The van der Waals surface area contributed by atoms with Crippen LogP contribution < -0.4 is 10.5 Å². The standard InChI is InChI=1S/C23H32N2O5/c1-5-9-15(10-6-2)13-17-16(7-3)20(22(27)23(24)28)21-18(11-8-12-25(17)21)30-14-19(26)29-4/h8,11-12,15H,5-7,9-10,13-14H2,1-4H3,(H2,24,28). The van der Waals surface area contributed by atoms with Crippen molar-refractivity contribution in [1.29, 1.82) is 0 Å². The van der Waals surface area contributed by atoms with E-state index in [9.17, 15) is 14.4 Å². The number of carbonyl (C=O) groups is 3. The number of rotatable bonds is 12. The van der Waals surface area contributed by atoms with Crippen molar-refractivity contribution in [2.75, 3.05) is 13.7 Å². The summed E-state index contributed by atoms with van der Waals surface area (Å²) in [6, 6.07) is 3.48. The number of esters is 1. The molecule has 0 saturated carbocycles. The SMILES string of the molecule is CCCC(CCC)Cc1c(CC)c(C(=O)C(N)=O)c2c(OCC(=O)OC)cccn12. The van der Waals surface area contributed by atoms with Crippen LogP contribution >= 0.6 is 0 Å². The summed E-state index contributed by atoms with van der Waals surface area (Å²) in [5.41, 5.74) is 7.92. The number of fused-ring (bicyclic) bond motifs is 1. The van der Waals surface area contributed by atoms with Gasteiger partial charge in [-0.2, -0.15) is 0 Å². The number of Topliss-reactive ketones (excluding diaryl/α,β-unsaturated/α-hetero) is 1. The Morgan fingerprint density at radius 3 is 2.33 bits per heavy atom. The van der Waals surface area contributed by atoms with Crippen molar-refractivity contribution >= 4 is 23.2 Å². The van der Waals surface area contributed by atoms with Crippen LogP contribution in [0.4, 0.5) is 0 Å². The fourth-order valence-corrected chi connectivity index (χ4v) is 4.11. The second kappa shape index (κ2) is 10.8. The van der Waals surface area contributed by atoms with E-state index >= 15 is 0 Å². The zero-order chi connectivity index (χ0) is 22.3. The Bertz CT molecular complexity index is 910. The summed E-state index contributed by atoms with van der Waals surface area (Å²) in [4.78, 5) is 36.2. The number of hydrogen-bond acceptors (Lipinski definition) is 5. The van der Waals surface area contributed by atoms with Crippen LogP contribution in [0.1, 0.15) is 68.1 Å². The van der Waals surface area contributed by atoms with E-state index < -0.39 is 17.7 Å². The van der Waals surface area contributed by atoms with Crippen molar-refractivity contribution in [2.45, 2.75) is 59.3 Å². The number of pyridine rings is 1. The first-order valence-electron chi connectivity index (χ1n) is 10.6. The number of nitrogens with zero attached hydrogens (tertiary/aromatic N) is 1. The van der Waals surface area contributed by atoms with E-state index in [4.69, 9.17) is 10.5 Å². The fraction of sp³-hybridized carbons (Fsp3) is 0.522. The maximum Gasteiger partial charge on any atom is 0.343 e. The maximum atomic E-state index is 12.8. The van der Waals surface area contributed by atoms with Crippen LogP contribution in [0.3, 0.4) is 0 Å².